The maximum Gasteiger partial charge on any atom is 0.267 e. The normalized spacial score (nSPS) is 10.5. The van der Waals surface area contributed by atoms with Crippen molar-refractivity contribution < 1.29 is 9.15 Å². The van der Waals surface area contributed by atoms with Gasteiger partial charge >= 0.3 is 0 Å². The van der Waals surface area contributed by atoms with Gasteiger partial charge in [-0.1, -0.05) is 0 Å². The second kappa shape index (κ2) is 6.02. The van der Waals surface area contributed by atoms with Crippen molar-refractivity contribution in [3.05, 3.63) is 46.6 Å². The third-order valence-electron chi connectivity index (χ3n) is 2.43. The van der Waals surface area contributed by atoms with Crippen LogP contribution in [0.3, 0.4) is 0 Å². The Labute approximate surface area is 104 Å². The van der Waals surface area contributed by atoms with Crippen LogP contribution in [0.5, 0.6) is 5.88 Å². The van der Waals surface area contributed by atoms with Crippen LogP contribution in [-0.4, -0.2) is 23.4 Å². The van der Waals surface area contributed by atoms with Crippen molar-refractivity contribution in [2.45, 2.75) is 13.1 Å². The maximum atomic E-state index is 11.5. The zero-order chi connectivity index (χ0) is 12.8. The lowest BCUT2D eigenvalue weighted by Gasteiger charge is -2.06. The number of hydrogen-bond donors (Lipinski definition) is 1. The molecule has 6 nitrogen and oxygen atoms in total. The molecule has 0 saturated carbocycles. The Balaban J connectivity index is 1.84. The molecule has 0 atom stereocenters. The van der Waals surface area contributed by atoms with E-state index in [1.807, 2.05) is 12.1 Å². The molecule has 0 fully saturated rings. The monoisotopic (exact) mass is 249 g/mol. The summed E-state index contributed by atoms with van der Waals surface area (Å²) in [4.78, 5) is 11.5. The van der Waals surface area contributed by atoms with Gasteiger partial charge in [-0.05, 0) is 12.1 Å². The summed E-state index contributed by atoms with van der Waals surface area (Å²) < 4.78 is 11.5. The summed E-state index contributed by atoms with van der Waals surface area (Å²) in [6.07, 6.45) is 1.63. The van der Waals surface area contributed by atoms with E-state index in [1.54, 1.807) is 12.3 Å². The summed E-state index contributed by atoms with van der Waals surface area (Å²) in [6, 6.07) is 6.72. The van der Waals surface area contributed by atoms with E-state index in [9.17, 15) is 4.79 Å². The van der Waals surface area contributed by atoms with E-state index >= 15 is 0 Å². The van der Waals surface area contributed by atoms with Crippen LogP contribution in [0.15, 0.2) is 39.7 Å². The Morgan fingerprint density at radius 3 is 3.06 bits per heavy atom. The molecule has 0 aliphatic rings. The molecule has 96 valence electrons. The van der Waals surface area contributed by atoms with Crippen molar-refractivity contribution in [1.29, 1.82) is 0 Å². The molecule has 2 rings (SSSR count). The van der Waals surface area contributed by atoms with Gasteiger partial charge < -0.3 is 14.5 Å². The first kappa shape index (κ1) is 12.4. The number of methoxy groups -OCH3 is 1. The van der Waals surface area contributed by atoms with Gasteiger partial charge in [0, 0.05) is 18.7 Å². The lowest BCUT2D eigenvalue weighted by atomic mass is 10.4. The summed E-state index contributed by atoms with van der Waals surface area (Å²) in [5.41, 5.74) is -0.143. The standard InChI is InChI=1S/C12H15N3O3/c1-17-11-4-5-12(16)15(14-11)7-6-13-9-10-3-2-8-18-10/h2-5,8,13H,6-7,9H2,1H3. The van der Waals surface area contributed by atoms with Crippen LogP contribution in [0.25, 0.3) is 0 Å². The number of furan rings is 1. The Kier molecular flexibility index (Phi) is 4.14. The molecule has 0 spiro atoms. The van der Waals surface area contributed by atoms with Gasteiger partial charge in [0.15, 0.2) is 0 Å². The van der Waals surface area contributed by atoms with Gasteiger partial charge in [0.05, 0.1) is 26.5 Å². The van der Waals surface area contributed by atoms with Gasteiger partial charge in [-0.3, -0.25) is 4.79 Å². The van der Waals surface area contributed by atoms with E-state index in [4.69, 9.17) is 9.15 Å². The van der Waals surface area contributed by atoms with Gasteiger partial charge in [-0.25, -0.2) is 4.68 Å². The molecular weight excluding hydrogens is 234 g/mol. The number of hydrogen-bond acceptors (Lipinski definition) is 5. The van der Waals surface area contributed by atoms with E-state index in [-0.39, 0.29) is 5.56 Å². The van der Waals surface area contributed by atoms with Gasteiger partial charge in [0.1, 0.15) is 5.76 Å². The molecule has 0 aliphatic carbocycles. The molecule has 2 aromatic heterocycles. The molecule has 6 heteroatoms. The van der Waals surface area contributed by atoms with Crippen LogP contribution in [-0.2, 0) is 13.1 Å². The van der Waals surface area contributed by atoms with E-state index in [1.165, 1.54) is 17.9 Å². The van der Waals surface area contributed by atoms with E-state index in [2.05, 4.69) is 10.4 Å². The Bertz CT molecular complexity index is 534. The average Bonchev–Trinajstić information content (AvgIpc) is 2.89. The molecule has 0 radical (unpaired) electrons. The van der Waals surface area contributed by atoms with Crippen LogP contribution >= 0.6 is 0 Å². The van der Waals surface area contributed by atoms with Crippen LogP contribution in [0.2, 0.25) is 0 Å². The van der Waals surface area contributed by atoms with Gasteiger partial charge in [0.25, 0.3) is 5.56 Å². The molecule has 0 bridgehead atoms. The van der Waals surface area contributed by atoms with Crippen LogP contribution in [0.1, 0.15) is 5.76 Å². The Morgan fingerprint density at radius 1 is 1.44 bits per heavy atom. The molecule has 0 aromatic carbocycles. The molecule has 2 aromatic rings. The fourth-order valence-electron chi connectivity index (χ4n) is 1.51. The third kappa shape index (κ3) is 3.21. The molecule has 0 unspecified atom stereocenters. The van der Waals surface area contributed by atoms with Gasteiger partial charge in [-0.15, -0.1) is 5.10 Å². The summed E-state index contributed by atoms with van der Waals surface area (Å²) in [5.74, 6) is 1.29. The maximum absolute atomic E-state index is 11.5. The van der Waals surface area contributed by atoms with E-state index < -0.39 is 0 Å². The highest BCUT2D eigenvalue weighted by atomic mass is 16.5. The Hall–Kier alpha value is -2.08. The summed E-state index contributed by atoms with van der Waals surface area (Å²) in [7, 11) is 1.52. The van der Waals surface area contributed by atoms with Crippen molar-refractivity contribution >= 4 is 0 Å². The summed E-state index contributed by atoms with van der Waals surface area (Å²) in [6.45, 7) is 1.74. The second-order valence-electron chi connectivity index (χ2n) is 3.69. The number of nitrogens with zero attached hydrogens (tertiary/aromatic N) is 2. The molecule has 0 amide bonds. The molecule has 1 N–H and O–H groups in total. The fraction of sp³-hybridized carbons (Fsp3) is 0.333. The van der Waals surface area contributed by atoms with E-state index in [0.717, 1.165) is 5.76 Å². The van der Waals surface area contributed by atoms with Crippen molar-refractivity contribution in [2.75, 3.05) is 13.7 Å². The second-order valence-corrected chi connectivity index (χ2v) is 3.69. The van der Waals surface area contributed by atoms with Crippen molar-refractivity contribution in [3.63, 3.8) is 0 Å². The first-order valence-electron chi connectivity index (χ1n) is 5.65. The minimum Gasteiger partial charge on any atom is -0.480 e. The third-order valence-corrected chi connectivity index (χ3v) is 2.43. The highest BCUT2D eigenvalue weighted by Crippen LogP contribution is 1.99. The zero-order valence-electron chi connectivity index (χ0n) is 10.1. The average molecular weight is 249 g/mol. The van der Waals surface area contributed by atoms with Crippen molar-refractivity contribution in [1.82, 2.24) is 15.1 Å². The van der Waals surface area contributed by atoms with Crippen molar-refractivity contribution in [3.8, 4) is 5.88 Å². The van der Waals surface area contributed by atoms with Crippen LogP contribution in [0, 0.1) is 0 Å². The largest absolute Gasteiger partial charge is 0.480 e. The SMILES string of the molecule is COc1ccc(=O)n(CCNCc2ccco2)n1. The minimum absolute atomic E-state index is 0.143. The number of aromatic nitrogens is 2. The quantitative estimate of drug-likeness (QED) is 0.761. The molecule has 2 heterocycles. The molecular formula is C12H15N3O3. The summed E-state index contributed by atoms with van der Waals surface area (Å²) in [5, 5.41) is 7.21. The Morgan fingerprint density at radius 2 is 2.33 bits per heavy atom. The highest BCUT2D eigenvalue weighted by molar-refractivity contribution is 5.06. The number of nitrogens with one attached hydrogen (secondary N) is 1. The van der Waals surface area contributed by atoms with Crippen LogP contribution in [0.4, 0.5) is 0 Å². The predicted octanol–water partition coefficient (Wildman–Crippen LogP) is 0.635. The number of ether oxygens (including phenoxy) is 1. The fourth-order valence-corrected chi connectivity index (χ4v) is 1.51. The number of rotatable bonds is 6. The molecule has 0 saturated heterocycles. The first-order valence-corrected chi connectivity index (χ1v) is 5.65. The van der Waals surface area contributed by atoms with E-state index in [0.29, 0.717) is 25.5 Å². The highest BCUT2D eigenvalue weighted by Gasteiger charge is 2.00. The predicted molar refractivity (Wildman–Crippen MR) is 65.5 cm³/mol. The first-order chi connectivity index (χ1) is 8.79. The van der Waals surface area contributed by atoms with Crippen molar-refractivity contribution in [2.24, 2.45) is 0 Å². The van der Waals surface area contributed by atoms with Gasteiger partial charge in [-0.2, -0.15) is 0 Å². The minimum atomic E-state index is -0.143. The molecule has 18 heavy (non-hydrogen) atoms. The topological polar surface area (TPSA) is 69.3 Å². The lowest BCUT2D eigenvalue weighted by Crippen LogP contribution is -2.28. The van der Waals surface area contributed by atoms with Gasteiger partial charge in [0.2, 0.25) is 5.88 Å². The van der Waals surface area contributed by atoms with Crippen LogP contribution < -0.4 is 15.6 Å². The lowest BCUT2D eigenvalue weighted by molar-refractivity contribution is 0.373. The smallest absolute Gasteiger partial charge is 0.267 e. The summed E-state index contributed by atoms with van der Waals surface area (Å²) >= 11 is 0. The molecule has 0 aliphatic heterocycles. The zero-order valence-corrected chi connectivity index (χ0v) is 10.1.